The van der Waals surface area contributed by atoms with Gasteiger partial charge in [0.1, 0.15) is 5.75 Å². The van der Waals surface area contributed by atoms with Gasteiger partial charge in [0.2, 0.25) is 0 Å². The van der Waals surface area contributed by atoms with Crippen molar-refractivity contribution in [1.82, 2.24) is 10.2 Å². The van der Waals surface area contributed by atoms with E-state index in [1.165, 1.54) is 0 Å². The van der Waals surface area contributed by atoms with Gasteiger partial charge in [-0.3, -0.25) is 9.59 Å². The number of likely N-dealkylation sites (tertiary alicyclic amines) is 1. The molecular formula is C28H30N2O3. The molecule has 1 aliphatic heterocycles. The number of benzene rings is 3. The molecule has 0 aromatic heterocycles. The van der Waals surface area contributed by atoms with Crippen LogP contribution in [0.15, 0.2) is 72.8 Å². The summed E-state index contributed by atoms with van der Waals surface area (Å²) in [5.41, 5.74) is 5.11. The Balaban J connectivity index is 1.24. The summed E-state index contributed by atoms with van der Waals surface area (Å²) in [6, 6.07) is 23.9. The third kappa shape index (κ3) is 5.80. The van der Waals surface area contributed by atoms with Gasteiger partial charge in [-0.15, -0.1) is 0 Å². The minimum absolute atomic E-state index is 0.00317. The number of amides is 2. The van der Waals surface area contributed by atoms with Crippen molar-refractivity contribution in [2.45, 2.75) is 32.7 Å². The Morgan fingerprint density at radius 1 is 0.909 bits per heavy atom. The van der Waals surface area contributed by atoms with Crippen molar-refractivity contribution in [2.24, 2.45) is 0 Å². The predicted molar refractivity (Wildman–Crippen MR) is 130 cm³/mol. The Kier molecular flexibility index (Phi) is 7.08. The zero-order valence-electron chi connectivity index (χ0n) is 19.2. The van der Waals surface area contributed by atoms with Gasteiger partial charge >= 0.3 is 0 Å². The van der Waals surface area contributed by atoms with Crippen LogP contribution in [0.4, 0.5) is 0 Å². The second kappa shape index (κ2) is 10.3. The SMILES string of the molecule is Cc1ccc(OCC(=O)NC2CCN(C(=O)c3ccc(-c4ccccc4)cc3)CC2)c(C)c1. The lowest BCUT2D eigenvalue weighted by atomic mass is 10.0. The number of ether oxygens (including phenoxy) is 1. The fourth-order valence-corrected chi connectivity index (χ4v) is 4.22. The number of hydrogen-bond donors (Lipinski definition) is 1. The van der Waals surface area contributed by atoms with Crippen LogP contribution in [0.25, 0.3) is 11.1 Å². The maximum Gasteiger partial charge on any atom is 0.258 e. The Labute approximate surface area is 195 Å². The van der Waals surface area contributed by atoms with Crippen molar-refractivity contribution in [2.75, 3.05) is 19.7 Å². The van der Waals surface area contributed by atoms with Crippen molar-refractivity contribution < 1.29 is 14.3 Å². The van der Waals surface area contributed by atoms with Gasteiger partial charge in [-0.25, -0.2) is 0 Å². The molecule has 0 atom stereocenters. The van der Waals surface area contributed by atoms with E-state index in [0.29, 0.717) is 18.7 Å². The average Bonchev–Trinajstić information content (AvgIpc) is 2.84. The van der Waals surface area contributed by atoms with Crippen LogP contribution >= 0.6 is 0 Å². The highest BCUT2D eigenvalue weighted by molar-refractivity contribution is 5.94. The molecule has 0 spiro atoms. The van der Waals surface area contributed by atoms with Gasteiger partial charge in [0, 0.05) is 24.7 Å². The molecule has 1 aliphatic rings. The molecule has 4 rings (SSSR count). The van der Waals surface area contributed by atoms with E-state index in [1.54, 1.807) is 0 Å². The number of piperidine rings is 1. The van der Waals surface area contributed by atoms with E-state index in [0.717, 1.165) is 40.8 Å². The van der Waals surface area contributed by atoms with Gasteiger partial charge in [0.15, 0.2) is 6.61 Å². The molecule has 33 heavy (non-hydrogen) atoms. The Morgan fingerprint density at radius 3 is 2.24 bits per heavy atom. The number of carbonyl (C=O) groups is 2. The minimum Gasteiger partial charge on any atom is -0.484 e. The lowest BCUT2D eigenvalue weighted by Crippen LogP contribution is -2.47. The van der Waals surface area contributed by atoms with E-state index in [1.807, 2.05) is 79.4 Å². The molecule has 3 aromatic rings. The summed E-state index contributed by atoms with van der Waals surface area (Å²) in [7, 11) is 0. The maximum absolute atomic E-state index is 12.9. The summed E-state index contributed by atoms with van der Waals surface area (Å²) in [6.45, 7) is 5.25. The van der Waals surface area contributed by atoms with Crippen LogP contribution in [0.3, 0.4) is 0 Å². The smallest absolute Gasteiger partial charge is 0.258 e. The number of rotatable bonds is 6. The van der Waals surface area contributed by atoms with Crippen molar-refractivity contribution in [3.8, 4) is 16.9 Å². The zero-order valence-corrected chi connectivity index (χ0v) is 19.2. The molecule has 1 saturated heterocycles. The fraction of sp³-hybridized carbons (Fsp3) is 0.286. The van der Waals surface area contributed by atoms with Crippen LogP contribution in [-0.4, -0.2) is 42.5 Å². The van der Waals surface area contributed by atoms with Crippen molar-refractivity contribution in [3.63, 3.8) is 0 Å². The molecule has 0 unspecified atom stereocenters. The third-order valence-corrected chi connectivity index (χ3v) is 6.08. The van der Waals surface area contributed by atoms with Gasteiger partial charge in [-0.05, 0) is 61.6 Å². The molecule has 0 bridgehead atoms. The number of carbonyl (C=O) groups excluding carboxylic acids is 2. The molecule has 1 N–H and O–H groups in total. The first kappa shape index (κ1) is 22.6. The summed E-state index contributed by atoms with van der Waals surface area (Å²) >= 11 is 0. The number of nitrogens with zero attached hydrogens (tertiary/aromatic N) is 1. The van der Waals surface area contributed by atoms with Crippen molar-refractivity contribution >= 4 is 11.8 Å². The van der Waals surface area contributed by atoms with Crippen LogP contribution in [-0.2, 0) is 4.79 Å². The van der Waals surface area contributed by atoms with E-state index < -0.39 is 0 Å². The second-order valence-electron chi connectivity index (χ2n) is 8.63. The van der Waals surface area contributed by atoms with E-state index in [2.05, 4.69) is 17.4 Å². The lowest BCUT2D eigenvalue weighted by molar-refractivity contribution is -0.124. The first-order chi connectivity index (χ1) is 16.0. The highest BCUT2D eigenvalue weighted by Crippen LogP contribution is 2.21. The van der Waals surface area contributed by atoms with E-state index in [-0.39, 0.29) is 24.5 Å². The standard InChI is InChI=1S/C28H30N2O3/c1-20-8-13-26(21(2)18-20)33-19-27(31)29-25-14-16-30(17-15-25)28(32)24-11-9-23(10-12-24)22-6-4-3-5-7-22/h3-13,18,25H,14-17,19H2,1-2H3,(H,29,31). The molecule has 3 aromatic carbocycles. The quantitative estimate of drug-likeness (QED) is 0.598. The van der Waals surface area contributed by atoms with Gasteiger partial charge in [-0.2, -0.15) is 0 Å². The molecule has 1 fully saturated rings. The van der Waals surface area contributed by atoms with Gasteiger partial charge in [0.05, 0.1) is 0 Å². The molecule has 5 nitrogen and oxygen atoms in total. The van der Waals surface area contributed by atoms with Gasteiger partial charge < -0.3 is 15.0 Å². The summed E-state index contributed by atoms with van der Waals surface area (Å²) in [5.74, 6) is 0.642. The van der Waals surface area contributed by atoms with E-state index >= 15 is 0 Å². The van der Waals surface area contributed by atoms with Crippen molar-refractivity contribution in [3.05, 3.63) is 89.5 Å². The summed E-state index contributed by atoms with van der Waals surface area (Å²) < 4.78 is 5.68. The third-order valence-electron chi connectivity index (χ3n) is 6.08. The lowest BCUT2D eigenvalue weighted by Gasteiger charge is -2.32. The molecule has 5 heteroatoms. The maximum atomic E-state index is 12.9. The molecule has 0 radical (unpaired) electrons. The molecule has 1 heterocycles. The predicted octanol–water partition coefficient (Wildman–Crippen LogP) is 4.77. The Bertz CT molecular complexity index is 1100. The number of aryl methyl sites for hydroxylation is 2. The van der Waals surface area contributed by atoms with Crippen LogP contribution < -0.4 is 10.1 Å². The first-order valence-corrected chi connectivity index (χ1v) is 11.4. The molecule has 170 valence electrons. The summed E-state index contributed by atoms with van der Waals surface area (Å²) in [5, 5.41) is 3.04. The van der Waals surface area contributed by atoms with Gasteiger partial charge in [-0.1, -0.05) is 60.2 Å². The Morgan fingerprint density at radius 2 is 1.58 bits per heavy atom. The van der Waals surface area contributed by atoms with Crippen LogP contribution in [0.5, 0.6) is 5.75 Å². The molecular weight excluding hydrogens is 412 g/mol. The molecule has 0 saturated carbocycles. The van der Waals surface area contributed by atoms with Crippen LogP contribution in [0.2, 0.25) is 0 Å². The second-order valence-corrected chi connectivity index (χ2v) is 8.63. The van der Waals surface area contributed by atoms with Crippen molar-refractivity contribution in [1.29, 1.82) is 0 Å². The largest absolute Gasteiger partial charge is 0.484 e. The molecule has 0 aliphatic carbocycles. The highest BCUT2D eigenvalue weighted by Gasteiger charge is 2.24. The number of nitrogens with one attached hydrogen (secondary N) is 1. The Hall–Kier alpha value is -3.60. The topological polar surface area (TPSA) is 58.6 Å². The zero-order chi connectivity index (χ0) is 23.2. The first-order valence-electron chi connectivity index (χ1n) is 11.4. The molecule has 2 amide bonds. The monoisotopic (exact) mass is 442 g/mol. The summed E-state index contributed by atoms with van der Waals surface area (Å²) in [6.07, 6.45) is 1.48. The van der Waals surface area contributed by atoms with E-state index in [4.69, 9.17) is 4.74 Å². The van der Waals surface area contributed by atoms with Crippen LogP contribution in [0.1, 0.15) is 34.3 Å². The fourth-order valence-electron chi connectivity index (χ4n) is 4.22. The van der Waals surface area contributed by atoms with E-state index in [9.17, 15) is 9.59 Å². The minimum atomic E-state index is -0.128. The highest BCUT2D eigenvalue weighted by atomic mass is 16.5. The number of hydrogen-bond acceptors (Lipinski definition) is 3. The summed E-state index contributed by atoms with van der Waals surface area (Å²) in [4.78, 5) is 27.1. The normalized spacial score (nSPS) is 14.1. The average molecular weight is 443 g/mol. The van der Waals surface area contributed by atoms with Gasteiger partial charge in [0.25, 0.3) is 11.8 Å². The van der Waals surface area contributed by atoms with Crippen LogP contribution in [0, 0.1) is 13.8 Å².